The van der Waals surface area contributed by atoms with E-state index in [9.17, 15) is 0 Å². The summed E-state index contributed by atoms with van der Waals surface area (Å²) in [5.41, 5.74) is 10.4. The highest BCUT2D eigenvalue weighted by Gasteiger charge is 2.14. The summed E-state index contributed by atoms with van der Waals surface area (Å²) in [5, 5.41) is 2.36. The van der Waals surface area contributed by atoms with E-state index in [1.54, 1.807) is 0 Å². The summed E-state index contributed by atoms with van der Waals surface area (Å²) in [6, 6.07) is 30.3. The van der Waals surface area contributed by atoms with Crippen molar-refractivity contribution in [1.29, 1.82) is 0 Å². The average Bonchev–Trinajstić information content (AvgIpc) is 3.24. The van der Waals surface area contributed by atoms with Crippen LogP contribution in [-0.4, -0.2) is 0 Å². The number of aryl methyl sites for hydroxylation is 1. The number of allylic oxidation sites excluding steroid dienone is 4. The summed E-state index contributed by atoms with van der Waals surface area (Å²) >= 11 is 0. The maximum absolute atomic E-state index is 6.22. The lowest BCUT2D eigenvalue weighted by molar-refractivity contribution is 0.666. The fourth-order valence-corrected chi connectivity index (χ4v) is 4.48. The molecule has 156 valence electrons. The van der Waals surface area contributed by atoms with Crippen LogP contribution >= 0.6 is 0 Å². The maximum atomic E-state index is 6.22. The molecule has 1 nitrogen and oxygen atoms in total. The van der Waals surface area contributed by atoms with Gasteiger partial charge < -0.3 is 4.42 Å². The number of rotatable bonds is 4. The maximum Gasteiger partial charge on any atom is 0.138 e. The summed E-state index contributed by atoms with van der Waals surface area (Å²) in [5.74, 6) is 0. The van der Waals surface area contributed by atoms with Crippen LogP contribution in [0, 0.1) is 6.92 Å². The molecule has 4 aromatic carbocycles. The minimum Gasteiger partial charge on any atom is -0.456 e. The van der Waals surface area contributed by atoms with E-state index in [4.69, 9.17) is 4.42 Å². The Labute approximate surface area is 189 Å². The van der Waals surface area contributed by atoms with Crippen LogP contribution in [0.2, 0.25) is 0 Å². The van der Waals surface area contributed by atoms with Crippen LogP contribution in [-0.2, 0) is 0 Å². The number of benzene rings is 4. The molecule has 0 saturated heterocycles. The molecular formula is C31H26O. The summed E-state index contributed by atoms with van der Waals surface area (Å²) in [4.78, 5) is 0. The topological polar surface area (TPSA) is 13.1 Å². The molecule has 0 unspecified atom stereocenters. The normalized spacial score (nSPS) is 12.3. The number of hydrogen-bond donors (Lipinski definition) is 0. The van der Waals surface area contributed by atoms with Crippen LogP contribution in [0.1, 0.15) is 25.0 Å². The van der Waals surface area contributed by atoms with E-state index < -0.39 is 0 Å². The first-order valence-electron chi connectivity index (χ1n) is 11.1. The molecule has 1 heteroatoms. The predicted molar refractivity (Wildman–Crippen MR) is 138 cm³/mol. The van der Waals surface area contributed by atoms with Gasteiger partial charge in [0.25, 0.3) is 0 Å². The van der Waals surface area contributed by atoms with Gasteiger partial charge in [0.1, 0.15) is 11.2 Å². The van der Waals surface area contributed by atoms with Crippen molar-refractivity contribution in [3.63, 3.8) is 0 Å². The van der Waals surface area contributed by atoms with Gasteiger partial charge in [-0.25, -0.2) is 0 Å². The van der Waals surface area contributed by atoms with E-state index in [2.05, 4.69) is 112 Å². The van der Waals surface area contributed by atoms with E-state index in [1.165, 1.54) is 38.8 Å². The highest BCUT2D eigenvalue weighted by Crippen LogP contribution is 2.39. The van der Waals surface area contributed by atoms with Gasteiger partial charge in [-0.1, -0.05) is 85.0 Å². The standard InChI is InChI=1S/C31H26O/c1-4-10-22(5-2)23-11-8-12-24(19-23)25-13-9-14-26(20-25)27-18-17-21(3)31-30(27)28-15-6-7-16-29(28)32-31/h4-20H,1-3H3/b10-4-,22-5+. The first-order chi connectivity index (χ1) is 15.7. The van der Waals surface area contributed by atoms with Gasteiger partial charge in [-0.05, 0) is 77.9 Å². The summed E-state index contributed by atoms with van der Waals surface area (Å²) in [6.07, 6.45) is 6.39. The zero-order valence-electron chi connectivity index (χ0n) is 18.7. The van der Waals surface area contributed by atoms with Crippen molar-refractivity contribution in [1.82, 2.24) is 0 Å². The molecule has 5 rings (SSSR count). The van der Waals surface area contributed by atoms with Gasteiger partial charge in [-0.3, -0.25) is 0 Å². The van der Waals surface area contributed by atoms with Gasteiger partial charge in [0.15, 0.2) is 0 Å². The molecular weight excluding hydrogens is 388 g/mol. The largest absolute Gasteiger partial charge is 0.456 e. The zero-order valence-corrected chi connectivity index (χ0v) is 18.7. The first-order valence-corrected chi connectivity index (χ1v) is 11.1. The summed E-state index contributed by atoms with van der Waals surface area (Å²) in [7, 11) is 0. The van der Waals surface area contributed by atoms with Crippen molar-refractivity contribution in [2.45, 2.75) is 20.8 Å². The lowest BCUT2D eigenvalue weighted by Crippen LogP contribution is -1.86. The van der Waals surface area contributed by atoms with Crippen molar-refractivity contribution in [2.75, 3.05) is 0 Å². The second-order valence-corrected chi connectivity index (χ2v) is 8.14. The Bertz CT molecular complexity index is 1490. The second kappa shape index (κ2) is 8.36. The van der Waals surface area contributed by atoms with E-state index >= 15 is 0 Å². The Morgan fingerprint density at radius 3 is 2.31 bits per heavy atom. The number of fused-ring (bicyclic) bond motifs is 3. The van der Waals surface area contributed by atoms with Gasteiger partial charge in [0, 0.05) is 10.8 Å². The minimum absolute atomic E-state index is 0.935. The summed E-state index contributed by atoms with van der Waals surface area (Å²) < 4.78 is 6.22. The SMILES string of the molecule is C/C=C\C(=C/C)c1cccc(-c2cccc(-c3ccc(C)c4oc5ccccc5c34)c2)c1. The smallest absolute Gasteiger partial charge is 0.138 e. The molecule has 0 fully saturated rings. The molecule has 0 bridgehead atoms. The Morgan fingerprint density at radius 1 is 0.750 bits per heavy atom. The molecule has 0 aliphatic rings. The second-order valence-electron chi connectivity index (χ2n) is 8.14. The lowest BCUT2D eigenvalue weighted by atomic mass is 9.93. The molecule has 0 N–H and O–H groups in total. The molecule has 5 aromatic rings. The Hall–Kier alpha value is -3.84. The van der Waals surface area contributed by atoms with Crippen molar-refractivity contribution in [3.8, 4) is 22.3 Å². The Kier molecular flexibility index (Phi) is 5.25. The van der Waals surface area contributed by atoms with Crippen molar-refractivity contribution in [2.24, 2.45) is 0 Å². The van der Waals surface area contributed by atoms with Gasteiger partial charge in [-0.2, -0.15) is 0 Å². The fraction of sp³-hybridized carbons (Fsp3) is 0.0968. The molecule has 32 heavy (non-hydrogen) atoms. The van der Waals surface area contributed by atoms with Crippen LogP contribution in [0.5, 0.6) is 0 Å². The molecule has 0 aliphatic carbocycles. The first kappa shape index (κ1) is 20.1. The third kappa shape index (κ3) is 3.46. The highest BCUT2D eigenvalue weighted by atomic mass is 16.3. The van der Waals surface area contributed by atoms with Crippen molar-refractivity contribution < 1.29 is 4.42 Å². The predicted octanol–water partition coefficient (Wildman–Crippen LogP) is 9.21. The molecule has 0 aliphatic heterocycles. The van der Waals surface area contributed by atoms with E-state index in [0.29, 0.717) is 0 Å². The van der Waals surface area contributed by atoms with Crippen LogP contribution in [0.15, 0.2) is 108 Å². The zero-order chi connectivity index (χ0) is 22.1. The number of hydrogen-bond acceptors (Lipinski definition) is 1. The van der Waals surface area contributed by atoms with Gasteiger partial charge >= 0.3 is 0 Å². The van der Waals surface area contributed by atoms with Gasteiger partial charge in [-0.15, -0.1) is 0 Å². The molecule has 0 amide bonds. The third-order valence-corrected chi connectivity index (χ3v) is 6.08. The van der Waals surface area contributed by atoms with Crippen LogP contribution in [0.3, 0.4) is 0 Å². The molecule has 0 saturated carbocycles. The quantitative estimate of drug-likeness (QED) is 0.267. The molecule has 0 spiro atoms. The highest BCUT2D eigenvalue weighted by molar-refractivity contribution is 6.13. The molecule has 1 heterocycles. The average molecular weight is 415 g/mol. The van der Waals surface area contributed by atoms with Crippen LogP contribution < -0.4 is 0 Å². The van der Waals surface area contributed by atoms with Crippen LogP contribution in [0.4, 0.5) is 0 Å². The van der Waals surface area contributed by atoms with Gasteiger partial charge in [0.05, 0.1) is 0 Å². The molecule has 0 radical (unpaired) electrons. The third-order valence-electron chi connectivity index (χ3n) is 6.08. The van der Waals surface area contributed by atoms with Crippen molar-refractivity contribution >= 4 is 27.5 Å². The molecule has 1 aromatic heterocycles. The lowest BCUT2D eigenvalue weighted by Gasteiger charge is -2.10. The van der Waals surface area contributed by atoms with Crippen molar-refractivity contribution in [3.05, 3.63) is 114 Å². The minimum atomic E-state index is 0.935. The summed E-state index contributed by atoms with van der Waals surface area (Å²) in [6.45, 7) is 6.25. The van der Waals surface area contributed by atoms with E-state index in [0.717, 1.165) is 22.1 Å². The Morgan fingerprint density at radius 2 is 1.50 bits per heavy atom. The fourth-order valence-electron chi connectivity index (χ4n) is 4.48. The van der Waals surface area contributed by atoms with E-state index in [1.807, 2.05) is 12.1 Å². The Balaban J connectivity index is 1.67. The van der Waals surface area contributed by atoms with Crippen LogP contribution in [0.25, 0.3) is 49.8 Å². The monoisotopic (exact) mass is 414 g/mol. The number of para-hydroxylation sites is 1. The molecule has 0 atom stereocenters. The van der Waals surface area contributed by atoms with E-state index in [-0.39, 0.29) is 0 Å². The number of furan rings is 1. The van der Waals surface area contributed by atoms with Gasteiger partial charge in [0.2, 0.25) is 0 Å².